The number of aromatic nitrogens is 2. The Morgan fingerprint density at radius 3 is 2.76 bits per heavy atom. The maximum absolute atomic E-state index is 12.9. The molecule has 4 rings (SSSR count). The fraction of sp³-hybridized carbons (Fsp3) is 0.389. The number of halogens is 1. The third-order valence-corrected chi connectivity index (χ3v) is 4.85. The highest BCUT2D eigenvalue weighted by atomic mass is 35.5. The summed E-state index contributed by atoms with van der Waals surface area (Å²) < 4.78 is 5.42. The van der Waals surface area contributed by atoms with Gasteiger partial charge in [0.25, 0.3) is 5.91 Å². The van der Waals surface area contributed by atoms with Gasteiger partial charge in [-0.3, -0.25) is 14.8 Å². The van der Waals surface area contributed by atoms with E-state index in [1.807, 2.05) is 23.1 Å². The van der Waals surface area contributed by atoms with E-state index in [1.54, 1.807) is 12.4 Å². The average molecular weight is 359 g/mol. The number of pyridine rings is 2. The van der Waals surface area contributed by atoms with Gasteiger partial charge in [-0.25, -0.2) is 0 Å². The predicted molar refractivity (Wildman–Crippen MR) is 95.0 cm³/mol. The average Bonchev–Trinajstić information content (AvgIpc) is 2.98. The van der Waals surface area contributed by atoms with Crippen molar-refractivity contribution in [2.45, 2.75) is 13.0 Å². The summed E-state index contributed by atoms with van der Waals surface area (Å²) in [6.07, 6.45) is 4.13. The molecule has 1 fully saturated rings. The number of ether oxygens (including phenoxy) is 1. The number of hydrogen-bond donors (Lipinski definition) is 0. The number of nitrogens with zero attached hydrogens (tertiary/aromatic N) is 4. The number of hydrogen-bond acceptors (Lipinski definition) is 5. The molecule has 0 aliphatic carbocycles. The molecule has 2 aliphatic heterocycles. The van der Waals surface area contributed by atoms with Crippen molar-refractivity contribution in [2.75, 3.05) is 37.7 Å². The zero-order chi connectivity index (χ0) is 17.2. The van der Waals surface area contributed by atoms with Crippen LogP contribution in [-0.4, -0.2) is 53.6 Å². The fourth-order valence-electron chi connectivity index (χ4n) is 3.31. The zero-order valence-electron chi connectivity index (χ0n) is 13.8. The molecule has 1 amide bonds. The highest BCUT2D eigenvalue weighted by Gasteiger charge is 2.32. The molecule has 0 atom stereocenters. The number of fused-ring (bicyclic) bond motifs is 1. The molecule has 130 valence electrons. The number of morpholine rings is 1. The number of amides is 1. The van der Waals surface area contributed by atoms with Crippen molar-refractivity contribution in [3.8, 4) is 0 Å². The molecular weight excluding hydrogens is 340 g/mol. The van der Waals surface area contributed by atoms with E-state index in [2.05, 4.69) is 14.9 Å². The third-order valence-electron chi connectivity index (χ3n) is 4.63. The molecule has 0 aromatic carbocycles. The van der Waals surface area contributed by atoms with Crippen LogP contribution in [0.4, 0.5) is 5.69 Å². The molecule has 7 heteroatoms. The van der Waals surface area contributed by atoms with Gasteiger partial charge in [-0.15, -0.1) is 0 Å². The number of anilines is 1. The highest BCUT2D eigenvalue weighted by molar-refractivity contribution is 6.30. The molecule has 2 aromatic rings. The predicted octanol–water partition coefficient (Wildman–Crippen LogP) is 2.17. The van der Waals surface area contributed by atoms with Crippen LogP contribution in [0.1, 0.15) is 21.7 Å². The Morgan fingerprint density at radius 1 is 1.16 bits per heavy atom. The lowest BCUT2D eigenvalue weighted by atomic mass is 10.1. The number of rotatable bonds is 4. The van der Waals surface area contributed by atoms with E-state index in [9.17, 15) is 4.79 Å². The third kappa shape index (κ3) is 3.32. The topological polar surface area (TPSA) is 58.6 Å². The van der Waals surface area contributed by atoms with Crippen LogP contribution in [0, 0.1) is 0 Å². The van der Waals surface area contributed by atoms with Gasteiger partial charge in [0.15, 0.2) is 0 Å². The Bertz CT molecular complexity index is 775. The largest absolute Gasteiger partial charge is 0.378 e. The lowest BCUT2D eigenvalue weighted by molar-refractivity contribution is 0.0779. The molecule has 0 N–H and O–H groups in total. The summed E-state index contributed by atoms with van der Waals surface area (Å²) in [6.45, 7) is 4.16. The minimum atomic E-state index is 0.0542. The minimum Gasteiger partial charge on any atom is -0.378 e. The van der Waals surface area contributed by atoms with Gasteiger partial charge >= 0.3 is 0 Å². The monoisotopic (exact) mass is 358 g/mol. The van der Waals surface area contributed by atoms with Gasteiger partial charge < -0.3 is 14.5 Å². The van der Waals surface area contributed by atoms with Gasteiger partial charge in [-0.2, -0.15) is 0 Å². The molecule has 4 heterocycles. The summed E-state index contributed by atoms with van der Waals surface area (Å²) in [5.41, 5.74) is 3.51. The SMILES string of the molecule is O=C1c2c(N3CCOCC3)ccnc2CN1CCc1ccc(Cl)cn1. The standard InChI is InChI=1S/C18H19ClN4O2/c19-13-1-2-14(21-11-13)4-6-23-12-15-17(18(23)24)16(3-5-20-15)22-7-9-25-10-8-22/h1-3,5,11H,4,6-10,12H2. The summed E-state index contributed by atoms with van der Waals surface area (Å²) in [5, 5.41) is 0.618. The first-order valence-electron chi connectivity index (χ1n) is 8.42. The molecule has 6 nitrogen and oxygen atoms in total. The summed E-state index contributed by atoms with van der Waals surface area (Å²) in [7, 11) is 0. The van der Waals surface area contributed by atoms with Crippen LogP contribution in [0.2, 0.25) is 5.02 Å². The van der Waals surface area contributed by atoms with E-state index in [-0.39, 0.29) is 5.91 Å². The Labute approximate surface area is 151 Å². The van der Waals surface area contributed by atoms with Crippen LogP contribution >= 0.6 is 11.6 Å². The summed E-state index contributed by atoms with van der Waals surface area (Å²) >= 11 is 5.87. The summed E-state index contributed by atoms with van der Waals surface area (Å²) in [4.78, 5) is 25.7. The number of carbonyl (C=O) groups is 1. The molecule has 0 saturated carbocycles. The quantitative estimate of drug-likeness (QED) is 0.838. The Hall–Kier alpha value is -2.18. The second-order valence-electron chi connectivity index (χ2n) is 6.20. The zero-order valence-corrected chi connectivity index (χ0v) is 14.6. The van der Waals surface area contributed by atoms with Crippen LogP contribution in [-0.2, 0) is 17.7 Å². The van der Waals surface area contributed by atoms with E-state index in [0.29, 0.717) is 37.7 Å². The van der Waals surface area contributed by atoms with Crippen LogP contribution in [0.25, 0.3) is 0 Å². The van der Waals surface area contributed by atoms with Gasteiger partial charge in [-0.05, 0) is 18.2 Å². The van der Waals surface area contributed by atoms with Crippen molar-refractivity contribution in [3.05, 3.63) is 52.6 Å². The maximum atomic E-state index is 12.9. The molecule has 0 bridgehead atoms. The van der Waals surface area contributed by atoms with Gasteiger partial charge in [0.05, 0.1) is 41.7 Å². The van der Waals surface area contributed by atoms with Crippen LogP contribution in [0.5, 0.6) is 0 Å². The molecule has 0 unspecified atom stereocenters. The Kier molecular flexibility index (Phi) is 4.55. The van der Waals surface area contributed by atoms with Crippen molar-refractivity contribution in [1.29, 1.82) is 0 Å². The lowest BCUT2D eigenvalue weighted by Gasteiger charge is -2.30. The lowest BCUT2D eigenvalue weighted by Crippen LogP contribution is -2.37. The molecule has 2 aromatic heterocycles. The minimum absolute atomic E-state index is 0.0542. The Balaban J connectivity index is 1.50. The van der Waals surface area contributed by atoms with Gasteiger partial charge in [0, 0.05) is 44.1 Å². The summed E-state index contributed by atoms with van der Waals surface area (Å²) in [6, 6.07) is 5.66. The molecular formula is C18H19ClN4O2. The summed E-state index contributed by atoms with van der Waals surface area (Å²) in [5.74, 6) is 0.0542. The van der Waals surface area contributed by atoms with Crippen LogP contribution < -0.4 is 4.90 Å². The van der Waals surface area contributed by atoms with E-state index >= 15 is 0 Å². The molecule has 1 saturated heterocycles. The van der Waals surface area contributed by atoms with Crippen molar-refractivity contribution in [3.63, 3.8) is 0 Å². The van der Waals surface area contributed by atoms with Crippen molar-refractivity contribution >= 4 is 23.2 Å². The van der Waals surface area contributed by atoms with Crippen molar-refractivity contribution in [2.24, 2.45) is 0 Å². The molecule has 2 aliphatic rings. The van der Waals surface area contributed by atoms with Crippen molar-refractivity contribution in [1.82, 2.24) is 14.9 Å². The van der Waals surface area contributed by atoms with Crippen LogP contribution in [0.15, 0.2) is 30.6 Å². The molecule has 0 radical (unpaired) electrons. The fourth-order valence-corrected chi connectivity index (χ4v) is 3.42. The smallest absolute Gasteiger partial charge is 0.258 e. The van der Waals surface area contributed by atoms with Gasteiger partial charge in [0.2, 0.25) is 0 Å². The maximum Gasteiger partial charge on any atom is 0.258 e. The first-order valence-corrected chi connectivity index (χ1v) is 8.80. The Morgan fingerprint density at radius 2 is 2.00 bits per heavy atom. The molecule has 0 spiro atoms. The highest BCUT2D eigenvalue weighted by Crippen LogP contribution is 2.30. The van der Waals surface area contributed by atoms with Gasteiger partial charge in [-0.1, -0.05) is 11.6 Å². The van der Waals surface area contributed by atoms with E-state index in [0.717, 1.165) is 35.7 Å². The molecule has 25 heavy (non-hydrogen) atoms. The van der Waals surface area contributed by atoms with Crippen molar-refractivity contribution < 1.29 is 9.53 Å². The number of carbonyl (C=O) groups excluding carboxylic acids is 1. The van der Waals surface area contributed by atoms with E-state index in [4.69, 9.17) is 16.3 Å². The van der Waals surface area contributed by atoms with E-state index < -0.39 is 0 Å². The van der Waals surface area contributed by atoms with Crippen LogP contribution in [0.3, 0.4) is 0 Å². The van der Waals surface area contributed by atoms with Gasteiger partial charge in [0.1, 0.15) is 0 Å². The second-order valence-corrected chi connectivity index (χ2v) is 6.63. The first-order chi connectivity index (χ1) is 12.2. The second kappa shape index (κ2) is 6.98. The normalized spacial score (nSPS) is 17.1. The van der Waals surface area contributed by atoms with E-state index in [1.165, 1.54) is 0 Å². The first kappa shape index (κ1) is 16.3.